The molecule has 3 rings (SSSR count). The van der Waals surface area contributed by atoms with Crippen LogP contribution in [0.2, 0.25) is 0 Å². The summed E-state index contributed by atoms with van der Waals surface area (Å²) in [5.74, 6) is -0.762. The van der Waals surface area contributed by atoms with Gasteiger partial charge in [0.2, 0.25) is 11.0 Å². The van der Waals surface area contributed by atoms with E-state index in [9.17, 15) is 18.0 Å². The monoisotopic (exact) mass is 529 g/mol. The zero-order valence-electron chi connectivity index (χ0n) is 21.3. The van der Waals surface area contributed by atoms with Crippen molar-refractivity contribution in [2.24, 2.45) is 5.92 Å². The fourth-order valence-corrected chi connectivity index (χ4v) is 5.01. The Kier molecular flexibility index (Phi) is 9.51. The Morgan fingerprint density at radius 1 is 1.22 bits per heavy atom. The van der Waals surface area contributed by atoms with Crippen molar-refractivity contribution in [3.8, 4) is 0 Å². The van der Waals surface area contributed by atoms with E-state index in [1.807, 2.05) is 13.0 Å². The first-order valence-electron chi connectivity index (χ1n) is 12.1. The van der Waals surface area contributed by atoms with Crippen LogP contribution in [0.15, 0.2) is 12.3 Å². The zero-order valence-corrected chi connectivity index (χ0v) is 22.1. The summed E-state index contributed by atoms with van der Waals surface area (Å²) >= 11 is 0.644. The lowest BCUT2D eigenvalue weighted by atomic mass is 9.91. The van der Waals surface area contributed by atoms with E-state index in [0.29, 0.717) is 29.0 Å². The van der Waals surface area contributed by atoms with Crippen LogP contribution in [0.3, 0.4) is 0 Å². The molecule has 200 valence electrons. The number of aromatic nitrogens is 3. The van der Waals surface area contributed by atoms with Gasteiger partial charge < -0.3 is 19.7 Å². The highest BCUT2D eigenvalue weighted by molar-refractivity contribution is 7.09. The van der Waals surface area contributed by atoms with E-state index in [0.717, 1.165) is 37.8 Å². The summed E-state index contributed by atoms with van der Waals surface area (Å²) in [5.41, 5.74) is 1.29. The fourth-order valence-electron chi connectivity index (χ4n) is 4.41. The highest BCUT2D eigenvalue weighted by Gasteiger charge is 2.36. The largest absolute Gasteiger partial charge is 0.469 e. The summed E-state index contributed by atoms with van der Waals surface area (Å²) in [6.07, 6.45) is 1.19. The summed E-state index contributed by atoms with van der Waals surface area (Å²) in [7, 11) is 3.06. The first-order chi connectivity index (χ1) is 17.0. The molecule has 36 heavy (non-hydrogen) atoms. The van der Waals surface area contributed by atoms with Crippen molar-refractivity contribution in [2.45, 2.75) is 77.1 Å². The molecule has 0 spiro atoms. The molecule has 1 aliphatic rings. The number of hydrogen-bond donors (Lipinski definition) is 1. The second-order valence-corrected chi connectivity index (χ2v) is 10.3. The predicted molar refractivity (Wildman–Crippen MR) is 133 cm³/mol. The summed E-state index contributed by atoms with van der Waals surface area (Å²) in [6.45, 7) is 6.84. The third kappa shape index (κ3) is 7.28. The van der Waals surface area contributed by atoms with E-state index in [4.69, 9.17) is 14.5 Å². The van der Waals surface area contributed by atoms with Gasteiger partial charge in [0.1, 0.15) is 0 Å². The molecule has 0 aromatic carbocycles. The topological polar surface area (TPSA) is 89.5 Å². The minimum Gasteiger partial charge on any atom is -0.469 e. The fraction of sp³-hybridized carbons (Fsp3) is 0.667. The quantitative estimate of drug-likeness (QED) is 0.388. The van der Waals surface area contributed by atoms with Crippen molar-refractivity contribution in [3.63, 3.8) is 0 Å². The van der Waals surface area contributed by atoms with Crippen molar-refractivity contribution in [1.82, 2.24) is 14.3 Å². The van der Waals surface area contributed by atoms with Gasteiger partial charge >= 0.3 is 12.1 Å². The highest BCUT2D eigenvalue weighted by Crippen LogP contribution is 2.37. The molecular weight excluding hydrogens is 495 g/mol. The number of carbonyl (C=O) groups is 1. The van der Waals surface area contributed by atoms with Crippen LogP contribution in [0.25, 0.3) is 0 Å². The van der Waals surface area contributed by atoms with E-state index < -0.39 is 12.0 Å². The van der Waals surface area contributed by atoms with Crippen LogP contribution >= 0.6 is 11.5 Å². The van der Waals surface area contributed by atoms with Crippen molar-refractivity contribution >= 4 is 34.1 Å². The normalized spacial score (nSPS) is 19.2. The standard InChI is InChI=1S/C24H34F3N5O3S/c1-14(2)13-32(17-6-8-18(34-4)9-7-17)21-19(29-23-30-22(31-36-23)24(25,26)27)11-16(12-28-21)15(3)10-20(33)35-5/h11-12,14-15,17-18H,6-10,13H2,1-5H3,(H,29,30,31)/t15-,17-,18+/m1/s1. The van der Waals surface area contributed by atoms with E-state index in [2.05, 4.69) is 33.4 Å². The van der Waals surface area contributed by atoms with Gasteiger partial charge in [0.15, 0.2) is 5.82 Å². The lowest BCUT2D eigenvalue weighted by Gasteiger charge is -2.39. The lowest BCUT2D eigenvalue weighted by Crippen LogP contribution is -2.42. The summed E-state index contributed by atoms with van der Waals surface area (Å²) < 4.78 is 53.1. The molecule has 0 radical (unpaired) electrons. The Labute approximate surface area is 213 Å². The molecule has 1 aliphatic carbocycles. The van der Waals surface area contributed by atoms with Crippen LogP contribution in [0, 0.1) is 5.92 Å². The predicted octanol–water partition coefficient (Wildman–Crippen LogP) is 5.78. The molecule has 0 bridgehead atoms. The SMILES string of the molecule is COC(=O)C[C@@H](C)c1cnc(N(CC(C)C)[C@H]2CC[C@@H](OC)CC2)c(Nc2nc(C(F)(F)F)ns2)c1. The maximum atomic E-state index is 13.1. The molecule has 0 aliphatic heterocycles. The van der Waals surface area contributed by atoms with Crippen molar-refractivity contribution in [3.05, 3.63) is 23.7 Å². The van der Waals surface area contributed by atoms with Crippen molar-refractivity contribution < 1.29 is 27.4 Å². The van der Waals surface area contributed by atoms with Gasteiger partial charge in [0.05, 0.1) is 25.3 Å². The van der Waals surface area contributed by atoms with E-state index in [-0.39, 0.29) is 35.6 Å². The second-order valence-electron chi connectivity index (χ2n) is 9.58. The van der Waals surface area contributed by atoms with Gasteiger partial charge in [-0.05, 0) is 49.1 Å². The average molecular weight is 530 g/mol. The molecular formula is C24H34F3N5O3S. The minimum atomic E-state index is -4.63. The van der Waals surface area contributed by atoms with Crippen LogP contribution < -0.4 is 10.2 Å². The van der Waals surface area contributed by atoms with E-state index >= 15 is 0 Å². The number of hydrogen-bond acceptors (Lipinski definition) is 9. The Hall–Kier alpha value is -2.47. The van der Waals surface area contributed by atoms with Gasteiger partial charge in [0.25, 0.3) is 0 Å². The number of rotatable bonds is 10. The third-order valence-corrected chi connectivity index (χ3v) is 6.96. The Balaban J connectivity index is 1.99. The van der Waals surface area contributed by atoms with Gasteiger partial charge in [-0.2, -0.15) is 22.5 Å². The molecule has 1 atom stereocenters. The Bertz CT molecular complexity index is 1010. The molecule has 0 unspecified atom stereocenters. The zero-order chi connectivity index (χ0) is 26.5. The Morgan fingerprint density at radius 3 is 2.47 bits per heavy atom. The molecule has 2 aromatic rings. The molecule has 2 heterocycles. The number of anilines is 3. The first-order valence-corrected chi connectivity index (χ1v) is 12.8. The van der Waals surface area contributed by atoms with Crippen LogP contribution in [-0.2, 0) is 20.4 Å². The number of nitrogens with one attached hydrogen (secondary N) is 1. The summed E-state index contributed by atoms with van der Waals surface area (Å²) in [4.78, 5) is 22.5. The van der Waals surface area contributed by atoms with Gasteiger partial charge in [-0.1, -0.05) is 20.8 Å². The summed E-state index contributed by atoms with van der Waals surface area (Å²) in [5, 5.41) is 3.06. The first kappa shape index (κ1) is 28.1. The number of halogens is 3. The molecule has 0 amide bonds. The number of methoxy groups -OCH3 is 2. The van der Waals surface area contributed by atoms with Crippen LogP contribution in [0.1, 0.15) is 70.2 Å². The number of nitrogens with zero attached hydrogens (tertiary/aromatic N) is 4. The smallest absolute Gasteiger partial charge is 0.452 e. The molecule has 0 saturated heterocycles. The number of carbonyl (C=O) groups excluding carboxylic acids is 1. The van der Waals surface area contributed by atoms with Crippen LogP contribution in [-0.4, -0.2) is 53.2 Å². The van der Waals surface area contributed by atoms with Crippen molar-refractivity contribution in [1.29, 1.82) is 0 Å². The molecule has 1 fully saturated rings. The van der Waals surface area contributed by atoms with E-state index in [1.54, 1.807) is 13.3 Å². The number of alkyl halides is 3. The van der Waals surface area contributed by atoms with Crippen molar-refractivity contribution in [2.75, 3.05) is 31.0 Å². The highest BCUT2D eigenvalue weighted by atomic mass is 32.1. The van der Waals surface area contributed by atoms with Gasteiger partial charge in [-0.25, -0.2) is 4.98 Å². The number of esters is 1. The molecule has 8 nitrogen and oxygen atoms in total. The molecule has 12 heteroatoms. The lowest BCUT2D eigenvalue weighted by molar-refractivity contribution is -0.144. The van der Waals surface area contributed by atoms with Crippen LogP contribution in [0.5, 0.6) is 0 Å². The molecule has 1 saturated carbocycles. The Morgan fingerprint density at radius 2 is 1.92 bits per heavy atom. The average Bonchev–Trinajstić information content (AvgIpc) is 3.32. The van der Waals surface area contributed by atoms with Gasteiger partial charge in [-0.15, -0.1) is 0 Å². The second kappa shape index (κ2) is 12.2. The maximum Gasteiger partial charge on any atom is 0.452 e. The maximum absolute atomic E-state index is 13.1. The van der Waals surface area contributed by atoms with Gasteiger partial charge in [-0.3, -0.25) is 4.79 Å². The van der Waals surface area contributed by atoms with Crippen LogP contribution in [0.4, 0.5) is 29.8 Å². The summed E-state index contributed by atoms with van der Waals surface area (Å²) in [6, 6.07) is 2.05. The van der Waals surface area contributed by atoms with E-state index in [1.165, 1.54) is 7.11 Å². The third-order valence-electron chi connectivity index (χ3n) is 6.33. The van der Waals surface area contributed by atoms with Gasteiger partial charge in [0, 0.05) is 37.4 Å². The minimum absolute atomic E-state index is 0.0238. The number of ether oxygens (including phenoxy) is 2. The number of pyridine rings is 1. The molecule has 1 N–H and O–H groups in total. The molecule has 2 aromatic heterocycles.